The van der Waals surface area contributed by atoms with Crippen LogP contribution in [0.25, 0.3) is 0 Å². The van der Waals surface area contributed by atoms with Crippen LogP contribution >= 0.6 is 0 Å². The second kappa shape index (κ2) is 7.86. The van der Waals surface area contributed by atoms with E-state index in [1.54, 1.807) is 6.92 Å². The van der Waals surface area contributed by atoms with E-state index >= 15 is 0 Å². The van der Waals surface area contributed by atoms with Crippen molar-refractivity contribution in [2.75, 3.05) is 26.7 Å². The Labute approximate surface area is 144 Å². The normalized spacial score (nSPS) is 16.0. The largest absolute Gasteiger partial charge is 0.416 e. The van der Waals surface area contributed by atoms with Crippen LogP contribution in [0.15, 0.2) is 24.3 Å². The number of rotatable bonds is 6. The highest BCUT2D eigenvalue weighted by Gasteiger charge is 2.33. The Morgan fingerprint density at radius 3 is 2.56 bits per heavy atom. The van der Waals surface area contributed by atoms with Gasteiger partial charge in [-0.05, 0) is 36.7 Å². The third-order valence-electron chi connectivity index (χ3n) is 4.46. The second-order valence-corrected chi connectivity index (χ2v) is 6.27. The van der Waals surface area contributed by atoms with Gasteiger partial charge in [0.05, 0.1) is 12.1 Å². The fourth-order valence-corrected chi connectivity index (χ4v) is 2.68. The van der Waals surface area contributed by atoms with Crippen LogP contribution in [0.5, 0.6) is 0 Å². The lowest BCUT2D eigenvalue weighted by molar-refractivity contribution is -0.141. The van der Waals surface area contributed by atoms with E-state index in [4.69, 9.17) is 0 Å². The number of carbonyl (C=O) groups is 2. The van der Waals surface area contributed by atoms with Crippen LogP contribution in [0.3, 0.4) is 0 Å². The van der Waals surface area contributed by atoms with E-state index in [1.807, 2.05) is 0 Å². The third-order valence-corrected chi connectivity index (χ3v) is 4.46. The molecule has 0 spiro atoms. The summed E-state index contributed by atoms with van der Waals surface area (Å²) in [6.07, 6.45) is -4.45. The molecular formula is C17H22F3N3O2. The van der Waals surface area contributed by atoms with Crippen LogP contribution in [0.4, 0.5) is 13.2 Å². The Bertz CT molecular complexity index is 630. The number of nitrogens with zero attached hydrogens (tertiary/aromatic N) is 1. The molecular weight excluding hydrogens is 335 g/mol. The van der Waals surface area contributed by atoms with Gasteiger partial charge >= 0.3 is 6.18 Å². The molecule has 1 atom stereocenters. The van der Waals surface area contributed by atoms with Crippen molar-refractivity contribution < 1.29 is 22.8 Å². The molecule has 2 amide bonds. The summed E-state index contributed by atoms with van der Waals surface area (Å²) in [6.45, 7) is 3.02. The maximum Gasteiger partial charge on any atom is 0.416 e. The van der Waals surface area contributed by atoms with Gasteiger partial charge in [-0.25, -0.2) is 0 Å². The fraction of sp³-hybridized carbons (Fsp3) is 0.529. The van der Waals surface area contributed by atoms with E-state index in [1.165, 1.54) is 24.1 Å². The summed E-state index contributed by atoms with van der Waals surface area (Å²) >= 11 is 0. The van der Waals surface area contributed by atoms with E-state index in [-0.39, 0.29) is 36.7 Å². The number of nitrogens with one attached hydrogen (secondary N) is 2. The summed E-state index contributed by atoms with van der Waals surface area (Å²) in [4.78, 5) is 25.7. The minimum absolute atomic E-state index is 0.0410. The summed E-state index contributed by atoms with van der Waals surface area (Å²) in [7, 11) is 1.45. The van der Waals surface area contributed by atoms with Crippen LogP contribution in [0.1, 0.15) is 18.1 Å². The molecule has 138 valence electrons. The highest BCUT2D eigenvalue weighted by molar-refractivity contribution is 5.85. The Balaban J connectivity index is 2.18. The Morgan fingerprint density at radius 2 is 2.04 bits per heavy atom. The number of halogens is 3. The average Bonchev–Trinajstić information content (AvgIpc) is 2.51. The van der Waals surface area contributed by atoms with Crippen molar-refractivity contribution in [3.05, 3.63) is 35.4 Å². The van der Waals surface area contributed by atoms with Crippen molar-refractivity contribution in [3.63, 3.8) is 0 Å². The number of hydrogen-bond donors (Lipinski definition) is 2. The second-order valence-electron chi connectivity index (χ2n) is 6.27. The molecule has 1 aromatic rings. The SMILES string of the molecule is CNC(=O)CN(Cc1cccc(C(F)(F)F)c1)C(=O)C(C)C1CNC1. The number of likely N-dealkylation sites (N-methyl/N-ethyl adjacent to an activating group) is 1. The van der Waals surface area contributed by atoms with Crippen LogP contribution in [0.2, 0.25) is 0 Å². The van der Waals surface area contributed by atoms with Crippen molar-refractivity contribution >= 4 is 11.8 Å². The standard InChI is InChI=1S/C17H22F3N3O2/c1-11(13-7-22-8-13)16(25)23(10-15(24)21-2)9-12-4-3-5-14(6-12)17(18,19)20/h3-6,11,13,22H,7-10H2,1-2H3,(H,21,24). The molecule has 1 unspecified atom stereocenters. The first-order chi connectivity index (χ1) is 11.7. The van der Waals surface area contributed by atoms with Crippen LogP contribution in [0, 0.1) is 11.8 Å². The Hall–Kier alpha value is -2.09. The number of carbonyl (C=O) groups excluding carboxylic acids is 2. The predicted octanol–water partition coefficient (Wildman–Crippen LogP) is 1.64. The van der Waals surface area contributed by atoms with Gasteiger partial charge in [-0.15, -0.1) is 0 Å². The van der Waals surface area contributed by atoms with Gasteiger partial charge in [0.2, 0.25) is 11.8 Å². The highest BCUT2D eigenvalue weighted by atomic mass is 19.4. The molecule has 1 aromatic carbocycles. The number of benzene rings is 1. The molecule has 1 saturated heterocycles. The zero-order chi connectivity index (χ0) is 18.6. The van der Waals surface area contributed by atoms with Gasteiger partial charge in [-0.1, -0.05) is 19.1 Å². The lowest BCUT2D eigenvalue weighted by atomic mass is 9.88. The van der Waals surface area contributed by atoms with E-state index in [0.717, 1.165) is 25.2 Å². The predicted molar refractivity (Wildman–Crippen MR) is 86.5 cm³/mol. The van der Waals surface area contributed by atoms with E-state index in [9.17, 15) is 22.8 Å². The summed E-state index contributed by atoms with van der Waals surface area (Å²) in [5.74, 6) is -0.704. The van der Waals surface area contributed by atoms with Crippen molar-refractivity contribution in [3.8, 4) is 0 Å². The van der Waals surface area contributed by atoms with Crippen molar-refractivity contribution in [1.29, 1.82) is 0 Å². The molecule has 1 aliphatic heterocycles. The maximum absolute atomic E-state index is 12.9. The molecule has 0 radical (unpaired) electrons. The summed E-state index contributed by atoms with van der Waals surface area (Å²) in [5.41, 5.74) is -0.431. The van der Waals surface area contributed by atoms with Crippen LogP contribution < -0.4 is 10.6 Å². The molecule has 2 N–H and O–H groups in total. The number of alkyl halides is 3. The van der Waals surface area contributed by atoms with Gasteiger partial charge in [0.25, 0.3) is 0 Å². The number of hydrogen-bond acceptors (Lipinski definition) is 3. The molecule has 1 aliphatic rings. The van der Waals surface area contributed by atoms with Gasteiger partial charge in [-0.2, -0.15) is 13.2 Å². The topological polar surface area (TPSA) is 61.4 Å². The minimum atomic E-state index is -4.45. The van der Waals surface area contributed by atoms with E-state index in [2.05, 4.69) is 10.6 Å². The monoisotopic (exact) mass is 357 g/mol. The summed E-state index contributed by atoms with van der Waals surface area (Å²) in [6, 6.07) is 4.83. The van der Waals surface area contributed by atoms with Crippen LogP contribution in [-0.4, -0.2) is 43.4 Å². The molecule has 5 nitrogen and oxygen atoms in total. The molecule has 1 fully saturated rings. The molecule has 8 heteroatoms. The Morgan fingerprint density at radius 1 is 1.36 bits per heavy atom. The number of amides is 2. The molecule has 1 heterocycles. The fourth-order valence-electron chi connectivity index (χ4n) is 2.68. The smallest absolute Gasteiger partial charge is 0.358 e. The van der Waals surface area contributed by atoms with Gasteiger partial charge in [-0.3, -0.25) is 9.59 Å². The van der Waals surface area contributed by atoms with Gasteiger partial charge in [0.15, 0.2) is 0 Å². The first-order valence-electron chi connectivity index (χ1n) is 8.08. The van der Waals surface area contributed by atoms with Gasteiger partial charge < -0.3 is 15.5 Å². The average molecular weight is 357 g/mol. The quantitative estimate of drug-likeness (QED) is 0.814. The van der Waals surface area contributed by atoms with E-state index < -0.39 is 11.7 Å². The first kappa shape index (κ1) is 19.2. The molecule has 25 heavy (non-hydrogen) atoms. The summed E-state index contributed by atoms with van der Waals surface area (Å²) in [5, 5.41) is 5.53. The highest BCUT2D eigenvalue weighted by Crippen LogP contribution is 2.30. The van der Waals surface area contributed by atoms with Crippen molar-refractivity contribution in [2.45, 2.75) is 19.6 Å². The van der Waals surface area contributed by atoms with Gasteiger partial charge in [0, 0.05) is 19.5 Å². The molecule has 2 rings (SSSR count). The Kier molecular flexibility index (Phi) is 6.05. The first-order valence-corrected chi connectivity index (χ1v) is 8.08. The lowest BCUT2D eigenvalue weighted by Crippen LogP contribution is -2.51. The molecule has 0 aliphatic carbocycles. The van der Waals surface area contributed by atoms with E-state index in [0.29, 0.717) is 5.56 Å². The maximum atomic E-state index is 12.9. The zero-order valence-electron chi connectivity index (χ0n) is 14.2. The van der Waals surface area contributed by atoms with Gasteiger partial charge in [0.1, 0.15) is 0 Å². The molecule has 0 bridgehead atoms. The molecule has 0 saturated carbocycles. The zero-order valence-corrected chi connectivity index (χ0v) is 14.2. The summed E-state index contributed by atoms with van der Waals surface area (Å²) < 4.78 is 38.6. The van der Waals surface area contributed by atoms with Crippen LogP contribution in [-0.2, 0) is 22.3 Å². The minimum Gasteiger partial charge on any atom is -0.358 e. The van der Waals surface area contributed by atoms with Crippen molar-refractivity contribution in [1.82, 2.24) is 15.5 Å². The van der Waals surface area contributed by atoms with Crippen molar-refractivity contribution in [2.24, 2.45) is 11.8 Å². The lowest BCUT2D eigenvalue weighted by Gasteiger charge is -2.35. The third kappa shape index (κ3) is 4.94. The molecule has 0 aromatic heterocycles.